The topological polar surface area (TPSA) is 33.0 Å². The number of rotatable bonds is 5. The van der Waals surface area contributed by atoms with Crippen molar-refractivity contribution in [2.45, 2.75) is 25.7 Å². The van der Waals surface area contributed by atoms with E-state index in [4.69, 9.17) is 16.3 Å². The first-order valence-electron chi connectivity index (χ1n) is 7.10. The molecular weight excluding hydrogens is 301 g/mol. The van der Waals surface area contributed by atoms with Gasteiger partial charge in [0.2, 0.25) is 0 Å². The third kappa shape index (κ3) is 3.40. The van der Waals surface area contributed by atoms with Gasteiger partial charge in [0.15, 0.2) is 0 Å². The van der Waals surface area contributed by atoms with Crippen molar-refractivity contribution in [3.63, 3.8) is 0 Å². The molecule has 0 heterocycles. The first kappa shape index (κ1) is 16.3. The summed E-state index contributed by atoms with van der Waals surface area (Å²) in [7, 11) is 1.59. The monoisotopic (exact) mass is 317 g/mol. The fourth-order valence-electron chi connectivity index (χ4n) is 2.49. The zero-order chi connectivity index (χ0) is 16.1. The van der Waals surface area contributed by atoms with Crippen molar-refractivity contribution in [2.24, 2.45) is 0 Å². The van der Waals surface area contributed by atoms with Crippen LogP contribution in [-0.4, -0.2) is 7.11 Å². The van der Waals surface area contributed by atoms with Gasteiger partial charge in [0.25, 0.3) is 0 Å². The summed E-state index contributed by atoms with van der Waals surface area (Å²) in [6.45, 7) is 2.06. The van der Waals surface area contributed by atoms with Crippen LogP contribution in [0, 0.1) is 17.1 Å². The molecule has 0 aliphatic carbocycles. The van der Waals surface area contributed by atoms with Crippen LogP contribution in [-0.2, 0) is 12.8 Å². The van der Waals surface area contributed by atoms with Gasteiger partial charge in [-0.1, -0.05) is 36.7 Å². The Morgan fingerprint density at radius 1 is 1.32 bits per heavy atom. The maximum Gasteiger partial charge on any atom is 0.129 e. The Balaban J connectivity index is 2.41. The predicted molar refractivity (Wildman–Crippen MR) is 85.8 cm³/mol. The van der Waals surface area contributed by atoms with E-state index in [1.807, 2.05) is 18.2 Å². The van der Waals surface area contributed by atoms with Crippen molar-refractivity contribution in [2.75, 3.05) is 7.11 Å². The summed E-state index contributed by atoms with van der Waals surface area (Å²) in [6.07, 6.45) is 1.24. The van der Waals surface area contributed by atoms with Crippen molar-refractivity contribution >= 4 is 11.6 Å². The number of methoxy groups -OCH3 is 1. The van der Waals surface area contributed by atoms with Gasteiger partial charge in [-0.3, -0.25) is 0 Å². The Hall–Kier alpha value is -2.05. The van der Waals surface area contributed by atoms with E-state index in [1.165, 1.54) is 12.1 Å². The van der Waals surface area contributed by atoms with Gasteiger partial charge in [0.05, 0.1) is 19.1 Å². The van der Waals surface area contributed by atoms with Gasteiger partial charge in [0.1, 0.15) is 11.6 Å². The Bertz CT molecular complexity index is 688. The van der Waals surface area contributed by atoms with Gasteiger partial charge >= 0.3 is 0 Å². The van der Waals surface area contributed by atoms with E-state index in [-0.39, 0.29) is 10.6 Å². The molecule has 0 fully saturated rings. The molecule has 0 radical (unpaired) electrons. The highest BCUT2D eigenvalue weighted by molar-refractivity contribution is 6.31. The molecule has 0 spiro atoms. The Morgan fingerprint density at radius 3 is 2.68 bits per heavy atom. The zero-order valence-corrected chi connectivity index (χ0v) is 13.3. The second-order valence-electron chi connectivity index (χ2n) is 5.02. The van der Waals surface area contributed by atoms with Gasteiger partial charge in [0, 0.05) is 10.6 Å². The van der Waals surface area contributed by atoms with Crippen LogP contribution >= 0.6 is 11.6 Å². The van der Waals surface area contributed by atoms with E-state index >= 15 is 0 Å². The summed E-state index contributed by atoms with van der Waals surface area (Å²) in [5.74, 6) is -0.413. The number of nitriles is 1. The van der Waals surface area contributed by atoms with Crippen LogP contribution in [0.4, 0.5) is 4.39 Å². The van der Waals surface area contributed by atoms with Crippen LogP contribution in [0.3, 0.4) is 0 Å². The zero-order valence-electron chi connectivity index (χ0n) is 12.6. The normalized spacial score (nSPS) is 11.8. The highest BCUT2D eigenvalue weighted by Crippen LogP contribution is 2.32. The lowest BCUT2D eigenvalue weighted by atomic mass is 9.91. The van der Waals surface area contributed by atoms with Crippen LogP contribution in [0.2, 0.25) is 5.02 Å². The third-order valence-corrected chi connectivity index (χ3v) is 4.01. The molecule has 1 unspecified atom stereocenters. The van der Waals surface area contributed by atoms with Crippen molar-refractivity contribution in [3.05, 3.63) is 63.9 Å². The second-order valence-corrected chi connectivity index (χ2v) is 5.43. The molecule has 4 heteroatoms. The molecule has 1 atom stereocenters. The highest BCUT2D eigenvalue weighted by atomic mass is 35.5. The fraction of sp³-hybridized carbons (Fsp3) is 0.278. The molecule has 2 nitrogen and oxygen atoms in total. The summed E-state index contributed by atoms with van der Waals surface area (Å²) in [6, 6.07) is 12.5. The molecule has 0 aliphatic rings. The van der Waals surface area contributed by atoms with Crippen LogP contribution in [0.1, 0.15) is 29.5 Å². The quantitative estimate of drug-likeness (QED) is 0.785. The summed E-state index contributed by atoms with van der Waals surface area (Å²) >= 11 is 6.08. The molecule has 0 aromatic heterocycles. The van der Waals surface area contributed by atoms with Crippen LogP contribution in [0.25, 0.3) is 0 Å². The number of hydrogen-bond acceptors (Lipinski definition) is 2. The van der Waals surface area contributed by atoms with Crippen molar-refractivity contribution < 1.29 is 9.13 Å². The van der Waals surface area contributed by atoms with Crippen LogP contribution < -0.4 is 4.74 Å². The second kappa shape index (κ2) is 7.29. The maximum absolute atomic E-state index is 14.1. The van der Waals surface area contributed by atoms with Crippen LogP contribution in [0.15, 0.2) is 36.4 Å². The molecule has 22 heavy (non-hydrogen) atoms. The molecule has 0 aliphatic heterocycles. The lowest BCUT2D eigenvalue weighted by Crippen LogP contribution is -2.06. The molecule has 0 N–H and O–H groups in total. The number of hydrogen-bond donors (Lipinski definition) is 0. The Kier molecular flexibility index (Phi) is 5.41. The summed E-state index contributed by atoms with van der Waals surface area (Å²) in [5, 5.41) is 9.74. The molecule has 2 aromatic rings. The lowest BCUT2D eigenvalue weighted by molar-refractivity contribution is 0.408. The predicted octanol–water partition coefficient (Wildman–Crippen LogP) is 4.90. The molecule has 0 amide bonds. The van der Waals surface area contributed by atoms with E-state index in [1.54, 1.807) is 13.2 Å². The minimum atomic E-state index is -0.658. The van der Waals surface area contributed by atoms with Crippen molar-refractivity contribution in [1.29, 1.82) is 5.26 Å². The standard InChI is InChI=1S/C18H17ClFNO/c1-3-12-7-8-17(22-2)13(9-12)10-14(11-21)18-15(19)5-4-6-16(18)20/h4-9,14H,3,10H2,1-2H3. The van der Waals surface area contributed by atoms with Gasteiger partial charge in [-0.2, -0.15) is 5.26 Å². The van der Waals surface area contributed by atoms with E-state index in [9.17, 15) is 9.65 Å². The van der Waals surface area contributed by atoms with Gasteiger partial charge in [-0.25, -0.2) is 4.39 Å². The molecule has 2 rings (SSSR count). The van der Waals surface area contributed by atoms with Gasteiger partial charge in [-0.15, -0.1) is 0 Å². The summed E-state index contributed by atoms with van der Waals surface area (Å²) in [4.78, 5) is 0. The molecule has 2 aromatic carbocycles. The first-order chi connectivity index (χ1) is 10.6. The number of benzene rings is 2. The third-order valence-electron chi connectivity index (χ3n) is 3.68. The van der Waals surface area contributed by atoms with E-state index in [0.717, 1.165) is 17.5 Å². The summed E-state index contributed by atoms with van der Waals surface area (Å²) in [5.41, 5.74) is 2.27. The molecule has 0 saturated heterocycles. The van der Waals surface area contributed by atoms with E-state index < -0.39 is 11.7 Å². The first-order valence-corrected chi connectivity index (χ1v) is 7.47. The summed E-state index contributed by atoms with van der Waals surface area (Å²) < 4.78 is 19.4. The van der Waals surface area contributed by atoms with Crippen molar-refractivity contribution in [1.82, 2.24) is 0 Å². The van der Waals surface area contributed by atoms with E-state index in [0.29, 0.717) is 12.2 Å². The fourth-order valence-corrected chi connectivity index (χ4v) is 2.78. The van der Waals surface area contributed by atoms with Crippen LogP contribution in [0.5, 0.6) is 5.75 Å². The highest BCUT2D eigenvalue weighted by Gasteiger charge is 2.21. The van der Waals surface area contributed by atoms with Crippen molar-refractivity contribution in [3.8, 4) is 11.8 Å². The minimum absolute atomic E-state index is 0.246. The largest absolute Gasteiger partial charge is 0.496 e. The smallest absolute Gasteiger partial charge is 0.129 e. The maximum atomic E-state index is 14.1. The Morgan fingerprint density at radius 2 is 2.09 bits per heavy atom. The molecule has 114 valence electrons. The molecular formula is C18H17ClFNO. The average Bonchev–Trinajstić information content (AvgIpc) is 2.53. The van der Waals surface area contributed by atoms with E-state index in [2.05, 4.69) is 13.0 Å². The number of aryl methyl sites for hydroxylation is 1. The van der Waals surface area contributed by atoms with Gasteiger partial charge in [-0.05, 0) is 42.2 Å². The number of halogens is 2. The minimum Gasteiger partial charge on any atom is -0.496 e. The molecule has 0 saturated carbocycles. The lowest BCUT2D eigenvalue weighted by Gasteiger charge is -2.15. The van der Waals surface area contributed by atoms with Gasteiger partial charge < -0.3 is 4.74 Å². The number of ether oxygens (including phenoxy) is 1. The Labute approximate surface area is 135 Å². The number of nitrogens with zero attached hydrogens (tertiary/aromatic N) is 1. The average molecular weight is 318 g/mol. The SMILES string of the molecule is CCc1ccc(OC)c(CC(C#N)c2c(F)cccc2Cl)c1. The molecule has 0 bridgehead atoms.